The van der Waals surface area contributed by atoms with Gasteiger partial charge in [-0.05, 0) is 50.2 Å². The van der Waals surface area contributed by atoms with E-state index >= 15 is 0 Å². The molecule has 5 atom stereocenters. The number of urea groups is 1. The van der Waals surface area contributed by atoms with Gasteiger partial charge in [0, 0.05) is 17.8 Å². The molecule has 0 spiro atoms. The van der Waals surface area contributed by atoms with Crippen molar-refractivity contribution in [3.8, 4) is 0 Å². The highest BCUT2D eigenvalue weighted by atomic mass is 16.6. The first-order valence-electron chi connectivity index (χ1n) is 9.65. The van der Waals surface area contributed by atoms with Gasteiger partial charge in [0.1, 0.15) is 6.17 Å². The molecule has 1 heterocycles. The number of benzene rings is 1. The zero-order valence-electron chi connectivity index (χ0n) is 16.1. The minimum Gasteiger partial charge on any atom is -0.317 e. The van der Waals surface area contributed by atoms with Crippen LogP contribution in [0.25, 0.3) is 0 Å². The Morgan fingerprint density at radius 1 is 1.17 bits per heavy atom. The molecule has 1 aromatic carbocycles. The first-order chi connectivity index (χ1) is 13.8. The van der Waals surface area contributed by atoms with Crippen LogP contribution in [0.4, 0.5) is 16.2 Å². The summed E-state index contributed by atoms with van der Waals surface area (Å²) < 4.78 is 0. The number of rotatable bonds is 4. The van der Waals surface area contributed by atoms with Gasteiger partial charge in [0.05, 0.1) is 16.8 Å². The Balaban J connectivity index is 1.44. The number of amides is 4. The number of fused-ring (bicyclic) bond motifs is 1. The largest absolute Gasteiger partial charge is 0.320 e. The molecule has 1 saturated carbocycles. The zero-order valence-corrected chi connectivity index (χ0v) is 16.1. The van der Waals surface area contributed by atoms with E-state index in [1.807, 2.05) is 12.2 Å². The maximum absolute atomic E-state index is 12.9. The SMILES string of the molecule is Cc1cc([N+](=O)[O-])ccc1NC(=O)N[C@H](C)N1C(=O)[C@@H]2[C@@H](C1=O)[C@H]1C=C[C@H]2CC1. The number of hydrogen-bond donors (Lipinski definition) is 2. The van der Waals surface area contributed by atoms with Crippen LogP contribution in [0.1, 0.15) is 25.3 Å². The summed E-state index contributed by atoms with van der Waals surface area (Å²) in [4.78, 5) is 49.7. The summed E-state index contributed by atoms with van der Waals surface area (Å²) >= 11 is 0. The van der Waals surface area contributed by atoms with E-state index in [4.69, 9.17) is 0 Å². The van der Waals surface area contributed by atoms with Crippen molar-refractivity contribution in [1.82, 2.24) is 10.2 Å². The van der Waals surface area contributed by atoms with Crippen molar-refractivity contribution >= 4 is 29.2 Å². The summed E-state index contributed by atoms with van der Waals surface area (Å²) in [6.07, 6.45) is 5.13. The van der Waals surface area contributed by atoms with Crippen molar-refractivity contribution in [2.75, 3.05) is 5.32 Å². The van der Waals surface area contributed by atoms with Crippen LogP contribution < -0.4 is 10.6 Å². The van der Waals surface area contributed by atoms with E-state index in [1.54, 1.807) is 13.8 Å². The molecule has 9 nitrogen and oxygen atoms in total. The molecule has 152 valence electrons. The first-order valence-corrected chi connectivity index (χ1v) is 9.65. The van der Waals surface area contributed by atoms with Crippen LogP contribution in [0.15, 0.2) is 30.4 Å². The lowest BCUT2D eigenvalue weighted by Gasteiger charge is -2.38. The Morgan fingerprint density at radius 3 is 2.24 bits per heavy atom. The average molecular weight is 398 g/mol. The molecule has 2 bridgehead atoms. The lowest BCUT2D eigenvalue weighted by atomic mass is 9.63. The predicted octanol–water partition coefficient (Wildman–Crippen LogP) is 2.57. The van der Waals surface area contributed by atoms with E-state index in [0.29, 0.717) is 11.3 Å². The van der Waals surface area contributed by atoms with Crippen LogP contribution in [0.3, 0.4) is 0 Å². The van der Waals surface area contributed by atoms with Gasteiger partial charge in [-0.15, -0.1) is 0 Å². The van der Waals surface area contributed by atoms with Gasteiger partial charge in [0.25, 0.3) is 5.69 Å². The highest BCUT2D eigenvalue weighted by molar-refractivity contribution is 6.06. The van der Waals surface area contributed by atoms with Gasteiger partial charge < -0.3 is 10.6 Å². The number of hydrogen-bond acceptors (Lipinski definition) is 5. The lowest BCUT2D eigenvalue weighted by molar-refractivity contribution is -0.384. The molecule has 0 unspecified atom stereocenters. The first kappa shape index (κ1) is 19.1. The van der Waals surface area contributed by atoms with Crippen molar-refractivity contribution < 1.29 is 19.3 Å². The van der Waals surface area contributed by atoms with E-state index in [-0.39, 0.29) is 41.2 Å². The number of carbonyl (C=O) groups excluding carboxylic acids is 3. The molecule has 3 aliphatic carbocycles. The summed E-state index contributed by atoms with van der Waals surface area (Å²) in [6, 6.07) is 3.51. The molecule has 0 aromatic heterocycles. The smallest absolute Gasteiger partial charge is 0.317 e. The minimum atomic E-state index is -0.793. The number of non-ortho nitro benzene ring substituents is 1. The minimum absolute atomic E-state index is 0.0686. The summed E-state index contributed by atoms with van der Waals surface area (Å²) in [5.41, 5.74) is 0.875. The number of anilines is 1. The van der Waals surface area contributed by atoms with Crippen molar-refractivity contribution in [2.24, 2.45) is 23.7 Å². The maximum atomic E-state index is 12.9. The Labute approximate surface area is 167 Å². The average Bonchev–Trinajstić information content (AvgIpc) is 2.97. The summed E-state index contributed by atoms with van der Waals surface area (Å²) in [6.45, 7) is 3.25. The standard InChI is InChI=1S/C20H22N4O5/c1-10-9-14(24(28)29)7-8-15(10)22-20(27)21-11(2)23-18(25)16-12-3-4-13(6-5-12)17(16)19(23)26/h3-4,7-9,11-13,16-17H,5-6H2,1-2H3,(H2,21,22,27)/t11-,12-,13-,16-,17-/m0/s1. The summed E-state index contributed by atoms with van der Waals surface area (Å²) in [5, 5.41) is 16.1. The van der Waals surface area contributed by atoms with E-state index in [2.05, 4.69) is 10.6 Å². The fourth-order valence-corrected chi connectivity index (χ4v) is 4.79. The monoisotopic (exact) mass is 398 g/mol. The van der Waals surface area contributed by atoms with Crippen LogP contribution in [0.2, 0.25) is 0 Å². The van der Waals surface area contributed by atoms with E-state index in [1.165, 1.54) is 23.1 Å². The van der Waals surface area contributed by atoms with Gasteiger partial charge in [-0.3, -0.25) is 24.6 Å². The number of nitrogens with zero attached hydrogens (tertiary/aromatic N) is 2. The molecular weight excluding hydrogens is 376 g/mol. The maximum Gasteiger partial charge on any atom is 0.320 e. The van der Waals surface area contributed by atoms with Crippen molar-refractivity contribution in [3.05, 3.63) is 46.0 Å². The molecule has 29 heavy (non-hydrogen) atoms. The molecule has 0 radical (unpaired) electrons. The van der Waals surface area contributed by atoms with Gasteiger partial charge in [-0.2, -0.15) is 0 Å². The number of carbonyl (C=O) groups is 3. The normalized spacial score (nSPS) is 28.3. The number of likely N-dealkylation sites (tertiary alicyclic amines) is 1. The number of nitro groups is 1. The molecule has 2 N–H and O–H groups in total. The molecule has 1 aromatic rings. The highest BCUT2D eigenvalue weighted by Gasteiger charge is 2.57. The third-order valence-corrected chi connectivity index (χ3v) is 6.19. The van der Waals surface area contributed by atoms with E-state index in [9.17, 15) is 24.5 Å². The molecular formula is C20H22N4O5. The second-order valence-corrected chi connectivity index (χ2v) is 7.92. The van der Waals surface area contributed by atoms with Gasteiger partial charge in [-0.1, -0.05) is 12.2 Å². The van der Waals surface area contributed by atoms with Crippen molar-refractivity contribution in [3.63, 3.8) is 0 Å². The molecule has 4 amide bonds. The number of imide groups is 1. The molecule has 1 aliphatic heterocycles. The third-order valence-electron chi connectivity index (χ3n) is 6.19. The summed E-state index contributed by atoms with van der Waals surface area (Å²) in [7, 11) is 0. The zero-order chi connectivity index (χ0) is 20.9. The van der Waals surface area contributed by atoms with Crippen LogP contribution in [0.5, 0.6) is 0 Å². The Morgan fingerprint density at radius 2 is 1.76 bits per heavy atom. The van der Waals surface area contributed by atoms with Gasteiger partial charge in [0.15, 0.2) is 0 Å². The second-order valence-electron chi connectivity index (χ2n) is 7.92. The molecule has 5 rings (SSSR count). The van der Waals surface area contributed by atoms with E-state index < -0.39 is 17.1 Å². The van der Waals surface area contributed by atoms with Gasteiger partial charge in [-0.25, -0.2) is 4.79 Å². The molecule has 1 saturated heterocycles. The lowest BCUT2D eigenvalue weighted by Crippen LogP contribution is -2.50. The number of allylic oxidation sites excluding steroid dienone is 2. The van der Waals surface area contributed by atoms with Crippen LogP contribution in [-0.4, -0.2) is 33.8 Å². The predicted molar refractivity (Wildman–Crippen MR) is 104 cm³/mol. The number of aryl methyl sites for hydroxylation is 1. The van der Waals surface area contributed by atoms with E-state index in [0.717, 1.165) is 12.8 Å². The van der Waals surface area contributed by atoms with Crippen LogP contribution in [-0.2, 0) is 9.59 Å². The number of nitrogens with one attached hydrogen (secondary N) is 2. The highest BCUT2D eigenvalue weighted by Crippen LogP contribution is 2.49. The van der Waals surface area contributed by atoms with Gasteiger partial charge >= 0.3 is 6.03 Å². The summed E-state index contributed by atoms with van der Waals surface area (Å²) in [5.74, 6) is -0.909. The molecule has 9 heteroatoms. The fraction of sp³-hybridized carbons (Fsp3) is 0.450. The third kappa shape index (κ3) is 3.16. The van der Waals surface area contributed by atoms with Gasteiger partial charge in [0.2, 0.25) is 11.8 Å². The van der Waals surface area contributed by atoms with Crippen molar-refractivity contribution in [1.29, 1.82) is 0 Å². The van der Waals surface area contributed by atoms with Crippen molar-refractivity contribution in [2.45, 2.75) is 32.9 Å². The molecule has 2 fully saturated rings. The molecule has 4 aliphatic rings. The second kappa shape index (κ2) is 6.98. The topological polar surface area (TPSA) is 122 Å². The Kier molecular flexibility index (Phi) is 4.60. The fourth-order valence-electron chi connectivity index (χ4n) is 4.79. The Bertz CT molecular complexity index is 911. The van der Waals surface area contributed by atoms with Crippen LogP contribution >= 0.6 is 0 Å². The quantitative estimate of drug-likeness (QED) is 0.349. The Hall–Kier alpha value is -3.23. The number of nitro benzene ring substituents is 1. The van der Waals surface area contributed by atoms with Crippen LogP contribution in [0, 0.1) is 40.7 Å².